The number of thioether (sulfide) groups is 1. The van der Waals surface area contributed by atoms with Gasteiger partial charge in [-0.3, -0.25) is 4.79 Å². The van der Waals surface area contributed by atoms with E-state index < -0.39 is 10.3 Å². The summed E-state index contributed by atoms with van der Waals surface area (Å²) in [5.74, 6) is -0.281. The summed E-state index contributed by atoms with van der Waals surface area (Å²) in [6, 6.07) is 8.16. The molecule has 0 radical (unpaired) electrons. The Morgan fingerprint density at radius 2 is 1.63 bits per heavy atom. The van der Waals surface area contributed by atoms with E-state index in [2.05, 4.69) is 0 Å². The number of ether oxygens (including phenoxy) is 2. The normalized spacial score (nSPS) is 14.8. The zero-order chi connectivity index (χ0) is 14.7. The molecule has 0 bridgehead atoms. The van der Waals surface area contributed by atoms with Crippen LogP contribution in [0.4, 0.5) is 0 Å². The molecule has 1 atom stereocenters. The molecule has 1 aromatic carbocycles. The van der Waals surface area contributed by atoms with Crippen molar-refractivity contribution in [3.63, 3.8) is 0 Å². The Labute approximate surface area is 119 Å². The van der Waals surface area contributed by atoms with Crippen LogP contribution in [0.5, 0.6) is 0 Å². The maximum absolute atomic E-state index is 12.0. The van der Waals surface area contributed by atoms with Gasteiger partial charge >= 0.3 is 5.97 Å². The lowest BCUT2D eigenvalue weighted by atomic mass is 9.87. The van der Waals surface area contributed by atoms with Gasteiger partial charge in [0.1, 0.15) is 10.3 Å². The quantitative estimate of drug-likeness (QED) is 0.469. The molecule has 0 N–H and O–H groups in total. The Hall–Kier alpha value is -1.00. The molecule has 0 heterocycles. The van der Waals surface area contributed by atoms with Crippen LogP contribution in [0.1, 0.15) is 26.3 Å². The lowest BCUT2D eigenvalue weighted by molar-refractivity contribution is -0.160. The van der Waals surface area contributed by atoms with Crippen LogP contribution >= 0.6 is 11.8 Å². The molecule has 1 aromatic rings. The minimum absolute atomic E-state index is 0.281. The highest BCUT2D eigenvalue weighted by Gasteiger charge is 2.49. The van der Waals surface area contributed by atoms with Crippen molar-refractivity contribution in [2.45, 2.75) is 37.5 Å². The number of hydrogen-bond acceptors (Lipinski definition) is 4. The SMILES string of the molecule is COC(=O)C(C)(C)C(C)(OC)Sc1ccc(C)cc1. The molecule has 4 heteroatoms. The summed E-state index contributed by atoms with van der Waals surface area (Å²) in [4.78, 5) is 12.3. The molecule has 3 nitrogen and oxygen atoms in total. The largest absolute Gasteiger partial charge is 0.468 e. The van der Waals surface area contributed by atoms with Crippen molar-refractivity contribution < 1.29 is 14.3 Å². The predicted octanol–water partition coefficient (Wildman–Crippen LogP) is 3.65. The summed E-state index contributed by atoms with van der Waals surface area (Å²) in [5.41, 5.74) is 0.446. The molecular weight excluding hydrogens is 260 g/mol. The highest BCUT2D eigenvalue weighted by Crippen LogP contribution is 2.46. The zero-order valence-corrected chi connectivity index (χ0v) is 13.3. The summed E-state index contributed by atoms with van der Waals surface area (Å²) in [7, 11) is 3.02. The Balaban J connectivity index is 3.03. The van der Waals surface area contributed by atoms with E-state index in [4.69, 9.17) is 9.47 Å². The molecule has 0 saturated carbocycles. The van der Waals surface area contributed by atoms with Gasteiger partial charge in [0, 0.05) is 12.0 Å². The van der Waals surface area contributed by atoms with Gasteiger partial charge in [0.2, 0.25) is 0 Å². The number of carbonyl (C=O) groups excluding carboxylic acids is 1. The molecule has 0 aromatic heterocycles. The second-order valence-electron chi connectivity index (χ2n) is 5.18. The van der Waals surface area contributed by atoms with Crippen LogP contribution in [0.25, 0.3) is 0 Å². The third-order valence-corrected chi connectivity index (χ3v) is 5.13. The number of methoxy groups -OCH3 is 2. The maximum atomic E-state index is 12.0. The van der Waals surface area contributed by atoms with Gasteiger partial charge < -0.3 is 9.47 Å². The molecule has 1 rings (SSSR count). The monoisotopic (exact) mass is 282 g/mol. The molecule has 0 spiro atoms. The Bertz CT molecular complexity index is 439. The summed E-state index contributed by atoms with van der Waals surface area (Å²) >= 11 is 1.53. The van der Waals surface area contributed by atoms with Gasteiger partial charge in [-0.15, -0.1) is 0 Å². The number of esters is 1. The van der Waals surface area contributed by atoms with Crippen molar-refractivity contribution in [1.82, 2.24) is 0 Å². The number of rotatable bonds is 5. The van der Waals surface area contributed by atoms with Gasteiger partial charge in [-0.25, -0.2) is 0 Å². The molecule has 0 fully saturated rings. The van der Waals surface area contributed by atoms with E-state index in [0.29, 0.717) is 0 Å². The van der Waals surface area contributed by atoms with Gasteiger partial charge in [0.15, 0.2) is 0 Å². The van der Waals surface area contributed by atoms with E-state index >= 15 is 0 Å². The molecule has 106 valence electrons. The Morgan fingerprint density at radius 3 is 2.05 bits per heavy atom. The lowest BCUT2D eigenvalue weighted by Crippen LogP contribution is -2.46. The minimum atomic E-state index is -0.758. The van der Waals surface area contributed by atoms with E-state index in [0.717, 1.165) is 4.90 Å². The van der Waals surface area contributed by atoms with Crippen LogP contribution in [-0.4, -0.2) is 25.1 Å². The highest BCUT2D eigenvalue weighted by molar-refractivity contribution is 8.00. The summed E-state index contributed by atoms with van der Waals surface area (Å²) < 4.78 is 10.5. The second-order valence-corrected chi connectivity index (χ2v) is 6.64. The van der Waals surface area contributed by atoms with Crippen molar-refractivity contribution in [3.05, 3.63) is 29.8 Å². The van der Waals surface area contributed by atoms with Crippen LogP contribution in [0.15, 0.2) is 29.2 Å². The molecule has 0 saturated heterocycles. The van der Waals surface area contributed by atoms with Crippen molar-refractivity contribution in [2.24, 2.45) is 5.41 Å². The van der Waals surface area contributed by atoms with E-state index in [9.17, 15) is 4.79 Å². The molecule has 1 unspecified atom stereocenters. The van der Waals surface area contributed by atoms with Crippen molar-refractivity contribution in [2.75, 3.05) is 14.2 Å². The molecule has 0 aliphatic carbocycles. The van der Waals surface area contributed by atoms with Crippen LogP contribution in [0, 0.1) is 12.3 Å². The van der Waals surface area contributed by atoms with E-state index in [1.165, 1.54) is 24.4 Å². The molecule has 0 amide bonds. The highest BCUT2D eigenvalue weighted by atomic mass is 32.2. The van der Waals surface area contributed by atoms with Crippen LogP contribution in [-0.2, 0) is 14.3 Å². The fraction of sp³-hybridized carbons (Fsp3) is 0.533. The van der Waals surface area contributed by atoms with Gasteiger partial charge in [0.05, 0.1) is 7.11 Å². The van der Waals surface area contributed by atoms with Crippen molar-refractivity contribution in [3.8, 4) is 0 Å². The average molecular weight is 282 g/mol. The lowest BCUT2D eigenvalue weighted by Gasteiger charge is -2.40. The topological polar surface area (TPSA) is 35.5 Å². The Morgan fingerprint density at radius 1 is 1.11 bits per heavy atom. The fourth-order valence-corrected chi connectivity index (χ4v) is 2.84. The zero-order valence-electron chi connectivity index (χ0n) is 12.4. The number of hydrogen-bond donors (Lipinski definition) is 0. The van der Waals surface area contributed by atoms with E-state index in [-0.39, 0.29) is 5.97 Å². The van der Waals surface area contributed by atoms with Crippen LogP contribution < -0.4 is 0 Å². The van der Waals surface area contributed by atoms with Gasteiger partial charge in [-0.1, -0.05) is 29.5 Å². The molecular formula is C15H22O3S. The number of carbonyl (C=O) groups is 1. The van der Waals surface area contributed by atoms with Crippen LogP contribution in [0.3, 0.4) is 0 Å². The third-order valence-electron chi connectivity index (χ3n) is 3.55. The van der Waals surface area contributed by atoms with Crippen molar-refractivity contribution >= 4 is 17.7 Å². The second kappa shape index (κ2) is 5.97. The van der Waals surface area contributed by atoms with E-state index in [1.807, 2.05) is 52.0 Å². The first-order chi connectivity index (χ1) is 8.76. The first kappa shape index (κ1) is 16.1. The third kappa shape index (κ3) is 3.31. The average Bonchev–Trinajstić information content (AvgIpc) is 2.40. The van der Waals surface area contributed by atoms with E-state index in [1.54, 1.807) is 7.11 Å². The predicted molar refractivity (Wildman–Crippen MR) is 78.2 cm³/mol. The molecule has 19 heavy (non-hydrogen) atoms. The smallest absolute Gasteiger partial charge is 0.315 e. The standard InChI is InChI=1S/C15H22O3S/c1-11-7-9-12(10-8-11)19-15(4,18-6)14(2,3)13(16)17-5/h7-10H,1-6H3. The van der Waals surface area contributed by atoms with Crippen LogP contribution in [0.2, 0.25) is 0 Å². The minimum Gasteiger partial charge on any atom is -0.468 e. The fourth-order valence-electron chi connectivity index (χ4n) is 1.70. The summed E-state index contributed by atoms with van der Waals surface area (Å²) in [6.45, 7) is 7.63. The maximum Gasteiger partial charge on any atom is 0.315 e. The first-order valence-electron chi connectivity index (χ1n) is 6.16. The van der Waals surface area contributed by atoms with Gasteiger partial charge in [-0.2, -0.15) is 0 Å². The van der Waals surface area contributed by atoms with Crippen molar-refractivity contribution in [1.29, 1.82) is 0 Å². The number of aryl methyl sites for hydroxylation is 1. The summed E-state index contributed by atoms with van der Waals surface area (Å²) in [5, 5.41) is 0. The first-order valence-corrected chi connectivity index (χ1v) is 6.97. The molecule has 0 aliphatic rings. The van der Waals surface area contributed by atoms with Gasteiger partial charge in [-0.05, 0) is 39.8 Å². The molecule has 0 aliphatic heterocycles. The number of benzene rings is 1. The Kier molecular flexibility index (Phi) is 5.04. The summed E-state index contributed by atoms with van der Waals surface area (Å²) in [6.07, 6.45) is 0. The van der Waals surface area contributed by atoms with Gasteiger partial charge in [0.25, 0.3) is 0 Å².